The molecule has 0 fully saturated rings. The fourth-order valence-electron chi connectivity index (χ4n) is 3.45. The quantitative estimate of drug-likeness (QED) is 0.109. The van der Waals surface area contributed by atoms with Crippen LogP contribution in [0, 0.1) is 20.6 Å². The highest BCUT2D eigenvalue weighted by Crippen LogP contribution is 2.36. The molecule has 3 aromatic rings. The van der Waals surface area contributed by atoms with Gasteiger partial charge in [0.1, 0.15) is 6.61 Å². The predicted molar refractivity (Wildman–Crippen MR) is 140 cm³/mol. The Morgan fingerprint density at radius 3 is 2.57 bits per heavy atom. The normalized spacial score (nSPS) is 14.0. The molecule has 1 heterocycles. The maximum atomic E-state index is 12.4. The van der Waals surface area contributed by atoms with Gasteiger partial charge in [-0.1, -0.05) is 29.8 Å². The fraction of sp³-hybridized carbons (Fsp3) is 0.154. The molecule has 35 heavy (non-hydrogen) atoms. The summed E-state index contributed by atoms with van der Waals surface area (Å²) in [5, 5.41) is 10.9. The minimum Gasteiger partial charge on any atom is -0.490 e. The standard InChI is InChI=1S/C26H21IN2O6/c1-3-33-23-14-18(12-21(27)24(23)34-15-17-6-4-5-16(2)11-17)13-22-26(30)35-25(28-22)19-7-9-20(10-8-19)29(31)32/h4-14H,3,15H2,1-2H3/b22-13-. The summed E-state index contributed by atoms with van der Waals surface area (Å²) in [7, 11) is 0. The first-order valence-electron chi connectivity index (χ1n) is 10.8. The van der Waals surface area contributed by atoms with Gasteiger partial charge in [0.05, 0.1) is 15.1 Å². The molecular weight excluding hydrogens is 563 g/mol. The number of rotatable bonds is 8. The highest BCUT2D eigenvalue weighted by atomic mass is 127. The number of nitrogens with zero attached hydrogens (tertiary/aromatic N) is 2. The summed E-state index contributed by atoms with van der Waals surface area (Å²) >= 11 is 2.17. The van der Waals surface area contributed by atoms with Crippen LogP contribution in [0.4, 0.5) is 5.69 Å². The van der Waals surface area contributed by atoms with Gasteiger partial charge in [-0.05, 0) is 77.9 Å². The third-order valence-electron chi connectivity index (χ3n) is 5.05. The van der Waals surface area contributed by atoms with Crippen LogP contribution in [0.2, 0.25) is 0 Å². The molecule has 9 heteroatoms. The first kappa shape index (κ1) is 24.4. The number of ether oxygens (including phenoxy) is 3. The van der Waals surface area contributed by atoms with Crippen LogP contribution >= 0.6 is 22.6 Å². The zero-order chi connectivity index (χ0) is 24.9. The van der Waals surface area contributed by atoms with Crippen LogP contribution in [0.5, 0.6) is 11.5 Å². The first-order valence-corrected chi connectivity index (χ1v) is 11.8. The number of carbonyl (C=O) groups is 1. The maximum absolute atomic E-state index is 12.4. The average Bonchev–Trinajstić information content (AvgIpc) is 3.19. The van der Waals surface area contributed by atoms with Gasteiger partial charge in [0.15, 0.2) is 17.2 Å². The van der Waals surface area contributed by atoms with Crippen LogP contribution in [0.25, 0.3) is 6.08 Å². The van der Waals surface area contributed by atoms with E-state index in [1.165, 1.54) is 24.3 Å². The van der Waals surface area contributed by atoms with Crippen LogP contribution in [-0.4, -0.2) is 23.4 Å². The van der Waals surface area contributed by atoms with Crippen molar-refractivity contribution in [3.63, 3.8) is 0 Å². The summed E-state index contributed by atoms with van der Waals surface area (Å²) in [4.78, 5) is 27.1. The molecule has 4 rings (SSSR count). The fourth-order valence-corrected chi connectivity index (χ4v) is 4.23. The highest BCUT2D eigenvalue weighted by molar-refractivity contribution is 14.1. The summed E-state index contributed by atoms with van der Waals surface area (Å²) in [5.74, 6) is 0.671. The van der Waals surface area contributed by atoms with Crippen molar-refractivity contribution in [1.29, 1.82) is 0 Å². The number of nitro benzene ring substituents is 1. The Morgan fingerprint density at radius 2 is 1.89 bits per heavy atom. The van der Waals surface area contributed by atoms with Crippen molar-refractivity contribution in [2.45, 2.75) is 20.5 Å². The smallest absolute Gasteiger partial charge is 0.363 e. The number of benzene rings is 3. The SMILES string of the molecule is CCOc1cc(/C=C2\N=C(c3ccc([N+](=O)[O-])cc3)OC2=O)cc(I)c1OCc1cccc(C)c1. The van der Waals surface area contributed by atoms with Crippen molar-refractivity contribution in [3.05, 3.63) is 102 Å². The molecule has 0 spiro atoms. The molecule has 0 bridgehead atoms. The average molecular weight is 584 g/mol. The molecule has 0 unspecified atom stereocenters. The predicted octanol–water partition coefficient (Wildman–Crippen LogP) is 5.83. The topological polar surface area (TPSA) is 100 Å². The van der Waals surface area contributed by atoms with Gasteiger partial charge < -0.3 is 14.2 Å². The van der Waals surface area contributed by atoms with Crippen LogP contribution in [-0.2, 0) is 16.1 Å². The maximum Gasteiger partial charge on any atom is 0.363 e. The number of aryl methyl sites for hydroxylation is 1. The minimum atomic E-state index is -0.605. The Balaban J connectivity index is 1.59. The molecule has 1 aliphatic rings. The number of halogens is 1. The molecule has 3 aromatic carbocycles. The number of hydrogen-bond donors (Lipinski definition) is 0. The zero-order valence-corrected chi connectivity index (χ0v) is 21.1. The second-order valence-corrected chi connectivity index (χ2v) is 8.84. The lowest BCUT2D eigenvalue weighted by atomic mass is 10.1. The molecule has 178 valence electrons. The molecule has 0 amide bonds. The molecule has 0 aromatic heterocycles. The zero-order valence-electron chi connectivity index (χ0n) is 19.0. The minimum absolute atomic E-state index is 0.0582. The Hall–Kier alpha value is -3.73. The molecule has 0 radical (unpaired) electrons. The van der Waals surface area contributed by atoms with E-state index in [2.05, 4.69) is 33.6 Å². The second kappa shape index (κ2) is 10.7. The molecule has 0 saturated carbocycles. The van der Waals surface area contributed by atoms with Crippen molar-refractivity contribution < 1.29 is 23.9 Å². The van der Waals surface area contributed by atoms with Gasteiger partial charge in [-0.25, -0.2) is 9.79 Å². The van der Waals surface area contributed by atoms with E-state index >= 15 is 0 Å². The Morgan fingerprint density at radius 1 is 1.11 bits per heavy atom. The van der Waals surface area contributed by atoms with Crippen molar-refractivity contribution in [2.75, 3.05) is 6.61 Å². The van der Waals surface area contributed by atoms with Gasteiger partial charge in [-0.15, -0.1) is 0 Å². The van der Waals surface area contributed by atoms with E-state index in [1.807, 2.05) is 38.1 Å². The van der Waals surface area contributed by atoms with Gasteiger partial charge in [-0.2, -0.15) is 0 Å². The Labute approximate surface area is 215 Å². The number of cyclic esters (lactones) is 1. The Bertz CT molecular complexity index is 1350. The first-order chi connectivity index (χ1) is 16.8. The van der Waals surface area contributed by atoms with Gasteiger partial charge in [0.2, 0.25) is 5.90 Å². The Kier molecular flexibility index (Phi) is 7.45. The highest BCUT2D eigenvalue weighted by Gasteiger charge is 2.25. The molecule has 0 atom stereocenters. The van der Waals surface area contributed by atoms with Crippen molar-refractivity contribution in [2.24, 2.45) is 4.99 Å². The summed E-state index contributed by atoms with van der Waals surface area (Å²) in [6, 6.07) is 17.4. The molecular formula is C26H21IN2O6. The van der Waals surface area contributed by atoms with E-state index in [0.717, 1.165) is 14.7 Å². The third-order valence-corrected chi connectivity index (χ3v) is 5.85. The van der Waals surface area contributed by atoms with Crippen LogP contribution in [0.3, 0.4) is 0 Å². The van der Waals surface area contributed by atoms with Crippen LogP contribution < -0.4 is 9.47 Å². The van der Waals surface area contributed by atoms with E-state index in [4.69, 9.17) is 14.2 Å². The van der Waals surface area contributed by atoms with Crippen LogP contribution in [0.15, 0.2) is 71.4 Å². The van der Waals surface area contributed by atoms with E-state index in [0.29, 0.717) is 35.8 Å². The lowest BCUT2D eigenvalue weighted by Crippen LogP contribution is -2.05. The van der Waals surface area contributed by atoms with Crippen molar-refractivity contribution >= 4 is 46.2 Å². The van der Waals surface area contributed by atoms with E-state index in [-0.39, 0.29) is 17.3 Å². The number of aliphatic imine (C=N–C) groups is 1. The number of esters is 1. The number of non-ortho nitro benzene ring substituents is 1. The second-order valence-electron chi connectivity index (χ2n) is 7.68. The third kappa shape index (κ3) is 5.86. The molecule has 0 aliphatic carbocycles. The van der Waals surface area contributed by atoms with E-state index in [1.54, 1.807) is 12.1 Å². The number of hydrogen-bond acceptors (Lipinski definition) is 7. The lowest BCUT2D eigenvalue weighted by molar-refractivity contribution is -0.384. The van der Waals surface area contributed by atoms with E-state index in [9.17, 15) is 14.9 Å². The summed E-state index contributed by atoms with van der Waals surface area (Å²) in [6.07, 6.45) is 1.61. The molecule has 0 saturated heterocycles. The summed E-state index contributed by atoms with van der Waals surface area (Å²) in [6.45, 7) is 4.76. The molecule has 1 aliphatic heterocycles. The summed E-state index contributed by atoms with van der Waals surface area (Å²) in [5.41, 5.74) is 3.43. The van der Waals surface area contributed by atoms with Gasteiger partial charge in [0, 0.05) is 17.7 Å². The largest absolute Gasteiger partial charge is 0.490 e. The van der Waals surface area contributed by atoms with Crippen molar-refractivity contribution in [3.8, 4) is 11.5 Å². The lowest BCUT2D eigenvalue weighted by Gasteiger charge is -2.15. The molecule has 0 N–H and O–H groups in total. The van der Waals surface area contributed by atoms with Gasteiger partial charge in [-0.3, -0.25) is 10.1 Å². The van der Waals surface area contributed by atoms with Crippen molar-refractivity contribution in [1.82, 2.24) is 0 Å². The number of carbonyl (C=O) groups excluding carboxylic acids is 1. The summed E-state index contributed by atoms with van der Waals surface area (Å²) < 4.78 is 18.0. The monoisotopic (exact) mass is 584 g/mol. The number of nitro groups is 1. The van der Waals surface area contributed by atoms with Crippen LogP contribution in [0.1, 0.15) is 29.2 Å². The van der Waals surface area contributed by atoms with Gasteiger partial charge in [0.25, 0.3) is 5.69 Å². The molecule has 8 nitrogen and oxygen atoms in total. The van der Waals surface area contributed by atoms with E-state index < -0.39 is 10.9 Å². The van der Waals surface area contributed by atoms with Gasteiger partial charge >= 0.3 is 5.97 Å².